The molecule has 0 radical (unpaired) electrons. The van der Waals surface area contributed by atoms with Crippen LogP contribution < -0.4 is 9.47 Å². The number of nitrogens with zero attached hydrogens (tertiary/aromatic N) is 3. The van der Waals surface area contributed by atoms with Crippen LogP contribution in [0, 0.1) is 33.7 Å². The number of aliphatic hydroxyl groups is 3. The number of hydrogen-bond acceptors (Lipinski definition) is 13. The van der Waals surface area contributed by atoms with Gasteiger partial charge in [-0.3, -0.25) is 15.0 Å². The highest BCUT2D eigenvalue weighted by atomic mass is 19.1. The molecule has 0 saturated heterocycles. The van der Waals surface area contributed by atoms with Gasteiger partial charge in [-0.1, -0.05) is 54.4 Å². The molecule has 66 heavy (non-hydrogen) atoms. The van der Waals surface area contributed by atoms with Gasteiger partial charge in [0.2, 0.25) is 5.79 Å². The van der Waals surface area contributed by atoms with Crippen molar-refractivity contribution in [2.24, 2.45) is 22.9 Å². The molecule has 2 aliphatic carbocycles. The van der Waals surface area contributed by atoms with E-state index >= 15 is 0 Å². The molecule has 1 aliphatic heterocycles. The molecule has 3 aliphatic rings. The lowest BCUT2D eigenvalue weighted by Gasteiger charge is -2.59. The number of nitro benzene ring substituents is 1. The SMILES string of the molecule is C=CCCOC(=O)N(CCOCCO)C1CC(=NOCc2ccc([N+](=O)[O-])cc2)C2=CC(CCCCO)C(CCCCO)C3c4cc(OCc5ccccc5F)ccc4OC1(OCC=C)C23. The van der Waals surface area contributed by atoms with Crippen molar-refractivity contribution in [3.05, 3.63) is 136 Å². The first-order chi connectivity index (χ1) is 32.2. The van der Waals surface area contributed by atoms with Crippen molar-refractivity contribution in [2.75, 3.05) is 52.8 Å². The number of unbranched alkanes of at least 4 members (excludes halogenated alkanes) is 2. The first-order valence-corrected chi connectivity index (χ1v) is 22.7. The number of amides is 1. The molecule has 6 rings (SSSR count). The zero-order chi connectivity index (χ0) is 46.9. The van der Waals surface area contributed by atoms with Gasteiger partial charge in [0.15, 0.2) is 0 Å². The van der Waals surface area contributed by atoms with Crippen LogP contribution in [-0.2, 0) is 32.3 Å². The highest BCUT2D eigenvalue weighted by Gasteiger charge is 2.65. The lowest BCUT2D eigenvalue weighted by molar-refractivity contribution is -0.384. The van der Waals surface area contributed by atoms with Crippen LogP contribution in [0.25, 0.3) is 0 Å². The highest BCUT2D eigenvalue weighted by Crippen LogP contribution is 2.62. The minimum atomic E-state index is -1.59. The van der Waals surface area contributed by atoms with Gasteiger partial charge in [0.25, 0.3) is 5.69 Å². The molecule has 1 amide bonds. The number of hydrogen-bond donors (Lipinski definition) is 3. The van der Waals surface area contributed by atoms with Gasteiger partial charge >= 0.3 is 6.09 Å². The fraction of sp³-hybridized carbons (Fsp3) is 0.480. The lowest BCUT2D eigenvalue weighted by Crippen LogP contribution is -2.70. The monoisotopic (exact) mass is 915 g/mol. The maximum Gasteiger partial charge on any atom is 0.410 e. The molecule has 3 aromatic rings. The van der Waals surface area contributed by atoms with E-state index in [1.807, 2.05) is 12.1 Å². The Kier molecular flexibility index (Phi) is 18.7. The number of fused-ring (bicyclic) bond motifs is 2. The molecule has 0 spiro atoms. The number of ether oxygens (including phenoxy) is 5. The fourth-order valence-corrected chi connectivity index (χ4v) is 9.43. The topological polar surface area (TPSA) is 192 Å². The van der Waals surface area contributed by atoms with E-state index in [0.29, 0.717) is 60.4 Å². The first-order valence-electron chi connectivity index (χ1n) is 22.7. The molecule has 356 valence electrons. The van der Waals surface area contributed by atoms with Crippen LogP contribution in [0.5, 0.6) is 11.5 Å². The van der Waals surface area contributed by atoms with Crippen LogP contribution in [0.1, 0.15) is 74.0 Å². The average Bonchev–Trinajstić information content (AvgIpc) is 3.32. The second-order valence-corrected chi connectivity index (χ2v) is 16.6. The zero-order valence-electron chi connectivity index (χ0n) is 37.3. The molecule has 16 heteroatoms. The van der Waals surface area contributed by atoms with E-state index < -0.39 is 28.8 Å². The second-order valence-electron chi connectivity index (χ2n) is 16.6. The Labute approximate surface area is 385 Å². The van der Waals surface area contributed by atoms with Crippen molar-refractivity contribution in [3.8, 4) is 11.5 Å². The smallest absolute Gasteiger partial charge is 0.410 e. The third kappa shape index (κ3) is 12.0. The van der Waals surface area contributed by atoms with Crippen molar-refractivity contribution >= 4 is 17.5 Å². The molecular formula is C50H62FN3O12. The molecule has 3 aromatic carbocycles. The number of rotatable bonds is 27. The van der Waals surface area contributed by atoms with Gasteiger partial charge in [-0.2, -0.15) is 0 Å². The molecule has 1 heterocycles. The molecule has 15 nitrogen and oxygen atoms in total. The van der Waals surface area contributed by atoms with Crippen LogP contribution in [0.15, 0.2) is 109 Å². The predicted molar refractivity (Wildman–Crippen MR) is 244 cm³/mol. The third-order valence-corrected chi connectivity index (χ3v) is 12.4. The molecule has 6 unspecified atom stereocenters. The van der Waals surface area contributed by atoms with Gasteiger partial charge in [0.1, 0.15) is 36.6 Å². The van der Waals surface area contributed by atoms with Crippen molar-refractivity contribution in [2.45, 2.75) is 82.3 Å². The summed E-state index contributed by atoms with van der Waals surface area (Å²) in [4.78, 5) is 33.0. The number of nitro groups is 1. The summed E-state index contributed by atoms with van der Waals surface area (Å²) in [6.07, 6.45) is 9.33. The Bertz CT molecular complexity index is 2150. The van der Waals surface area contributed by atoms with Gasteiger partial charge in [-0.25, -0.2) is 9.18 Å². The van der Waals surface area contributed by atoms with Crippen LogP contribution >= 0.6 is 0 Å². The summed E-state index contributed by atoms with van der Waals surface area (Å²) in [7, 11) is 0. The first kappa shape index (κ1) is 49.8. The maximum absolute atomic E-state index is 14.8. The summed E-state index contributed by atoms with van der Waals surface area (Å²) >= 11 is 0. The quantitative estimate of drug-likeness (QED) is 0.0288. The van der Waals surface area contributed by atoms with Gasteiger partial charge in [0, 0.05) is 55.4 Å². The Hall–Kier alpha value is -5.65. The molecule has 0 aromatic heterocycles. The minimum absolute atomic E-state index is 0.0142. The number of benzene rings is 3. The van der Waals surface area contributed by atoms with Crippen molar-refractivity contribution in [3.63, 3.8) is 0 Å². The largest absolute Gasteiger partial charge is 0.489 e. The summed E-state index contributed by atoms with van der Waals surface area (Å²) in [5.74, 6) is -2.15. The van der Waals surface area contributed by atoms with Crippen molar-refractivity contribution < 1.29 is 57.9 Å². The molecule has 6 atom stereocenters. The molecule has 1 fully saturated rings. The second kappa shape index (κ2) is 24.8. The predicted octanol–water partition coefficient (Wildman–Crippen LogP) is 8.17. The molecular weight excluding hydrogens is 854 g/mol. The Morgan fingerprint density at radius 3 is 2.44 bits per heavy atom. The van der Waals surface area contributed by atoms with E-state index in [-0.39, 0.29) is 102 Å². The number of carbonyl (C=O) groups is 1. The summed E-state index contributed by atoms with van der Waals surface area (Å²) in [5, 5.41) is 45.6. The maximum atomic E-state index is 14.8. The van der Waals surface area contributed by atoms with Crippen molar-refractivity contribution in [1.29, 1.82) is 0 Å². The van der Waals surface area contributed by atoms with E-state index in [1.54, 1.807) is 48.6 Å². The highest BCUT2D eigenvalue weighted by molar-refractivity contribution is 6.03. The van der Waals surface area contributed by atoms with Crippen LogP contribution in [0.2, 0.25) is 0 Å². The van der Waals surface area contributed by atoms with Crippen LogP contribution in [-0.4, -0.2) is 102 Å². The number of oxime groups is 1. The Morgan fingerprint density at radius 2 is 1.73 bits per heavy atom. The van der Waals surface area contributed by atoms with Crippen LogP contribution in [0.4, 0.5) is 14.9 Å². The standard InChI is InChI=1S/C50H62FN3O12/c1-3-5-27-62-49(58)53(22-28-61-29-25-57)46-32-44(52-65-33-35-16-18-38(19-17-35)54(59)60)41-30-36(12-8-10-23-55)40(14-9-11-24-56)47-42-31-39(63-34-37-13-6-7-15-43(37)51)20-21-45(42)66-50(46,48(41)47)64-26-4-2/h3-4,6-7,13,15-21,30-31,36,40,46-48,55-57H,1-2,5,8-12,14,22-29,32-34H2. The van der Waals surface area contributed by atoms with Gasteiger partial charge < -0.3 is 43.8 Å². The summed E-state index contributed by atoms with van der Waals surface area (Å²) in [6.45, 7) is 7.75. The average molecular weight is 916 g/mol. The van der Waals surface area contributed by atoms with E-state index in [2.05, 4.69) is 19.2 Å². The van der Waals surface area contributed by atoms with E-state index in [0.717, 1.165) is 24.0 Å². The van der Waals surface area contributed by atoms with E-state index in [1.165, 1.54) is 23.1 Å². The Morgan fingerprint density at radius 1 is 0.955 bits per heavy atom. The fourth-order valence-electron chi connectivity index (χ4n) is 9.43. The number of non-ortho nitro benzene ring substituents is 1. The van der Waals surface area contributed by atoms with Gasteiger partial charge in [-0.05, 0) is 91.5 Å². The third-order valence-electron chi connectivity index (χ3n) is 12.4. The van der Waals surface area contributed by atoms with Crippen LogP contribution in [0.3, 0.4) is 0 Å². The minimum Gasteiger partial charge on any atom is -0.489 e. The van der Waals surface area contributed by atoms with Gasteiger partial charge in [0.05, 0.1) is 49.6 Å². The Balaban J connectivity index is 1.55. The van der Waals surface area contributed by atoms with E-state index in [4.69, 9.17) is 33.7 Å². The number of carbonyl (C=O) groups excluding carboxylic acids is 1. The zero-order valence-corrected chi connectivity index (χ0v) is 37.3. The van der Waals surface area contributed by atoms with Crippen molar-refractivity contribution in [1.82, 2.24) is 4.90 Å². The summed E-state index contributed by atoms with van der Waals surface area (Å²) in [5.41, 5.74) is 3.11. The lowest BCUT2D eigenvalue weighted by atomic mass is 9.55. The molecule has 3 N–H and O–H groups in total. The van der Waals surface area contributed by atoms with E-state index in [9.17, 15) is 34.6 Å². The summed E-state index contributed by atoms with van der Waals surface area (Å²) in [6, 6.07) is 17.0. The number of allylic oxidation sites excluding steroid dienone is 1. The normalized spacial score (nSPS) is 22.3. The molecule has 0 bridgehead atoms. The van der Waals surface area contributed by atoms with Gasteiger partial charge in [-0.15, -0.1) is 13.2 Å². The number of aliphatic hydroxyl groups excluding tert-OH is 3. The molecule has 1 saturated carbocycles. The summed E-state index contributed by atoms with van der Waals surface area (Å²) < 4.78 is 46.9. The number of halogens is 1.